The summed E-state index contributed by atoms with van der Waals surface area (Å²) in [4.78, 5) is 27.6. The van der Waals surface area contributed by atoms with Crippen molar-refractivity contribution in [1.29, 1.82) is 0 Å². The largest absolute Gasteiger partial charge is 0.492 e. The van der Waals surface area contributed by atoms with Crippen LogP contribution in [0.2, 0.25) is 0 Å². The molecule has 0 saturated heterocycles. The van der Waals surface area contributed by atoms with Crippen LogP contribution in [0.5, 0.6) is 5.75 Å². The van der Waals surface area contributed by atoms with Crippen LogP contribution < -0.4 is 4.74 Å². The van der Waals surface area contributed by atoms with Crippen molar-refractivity contribution in [2.75, 3.05) is 20.2 Å². The zero-order valence-electron chi connectivity index (χ0n) is 14.7. The van der Waals surface area contributed by atoms with E-state index in [-0.39, 0.29) is 24.1 Å². The average molecular weight is 383 g/mol. The summed E-state index contributed by atoms with van der Waals surface area (Å²) in [6.07, 6.45) is 0. The molecule has 0 aliphatic heterocycles. The SMILES string of the molecule is CN(CCOc1ccc(F)cc1)C(=O)c1ccccc1C(=O)c1cccs1. The molecule has 0 unspecified atom stereocenters. The Morgan fingerprint density at radius 3 is 2.37 bits per heavy atom. The van der Waals surface area contributed by atoms with Gasteiger partial charge in [0.1, 0.15) is 18.2 Å². The lowest BCUT2D eigenvalue weighted by molar-refractivity contribution is 0.0769. The van der Waals surface area contributed by atoms with Crippen LogP contribution >= 0.6 is 11.3 Å². The molecule has 3 aromatic rings. The number of carbonyl (C=O) groups is 2. The lowest BCUT2D eigenvalue weighted by atomic mass is 10.0. The van der Waals surface area contributed by atoms with Gasteiger partial charge in [-0.3, -0.25) is 9.59 Å². The third-order valence-corrected chi connectivity index (χ3v) is 4.87. The fraction of sp³-hybridized carbons (Fsp3) is 0.143. The highest BCUT2D eigenvalue weighted by Crippen LogP contribution is 2.19. The van der Waals surface area contributed by atoms with Crippen LogP contribution in [-0.2, 0) is 0 Å². The molecule has 0 fully saturated rings. The highest BCUT2D eigenvalue weighted by atomic mass is 32.1. The van der Waals surface area contributed by atoms with Gasteiger partial charge in [0.25, 0.3) is 5.91 Å². The molecule has 6 heteroatoms. The molecule has 1 amide bonds. The van der Waals surface area contributed by atoms with E-state index in [2.05, 4.69) is 0 Å². The van der Waals surface area contributed by atoms with Gasteiger partial charge in [-0.25, -0.2) is 4.39 Å². The summed E-state index contributed by atoms with van der Waals surface area (Å²) in [6.45, 7) is 0.590. The van der Waals surface area contributed by atoms with E-state index in [4.69, 9.17) is 4.74 Å². The second-order valence-electron chi connectivity index (χ2n) is 5.88. The Balaban J connectivity index is 1.66. The molecular formula is C21H18FNO3S. The lowest BCUT2D eigenvalue weighted by Crippen LogP contribution is -2.32. The van der Waals surface area contributed by atoms with Gasteiger partial charge in [-0.05, 0) is 41.8 Å². The highest BCUT2D eigenvalue weighted by molar-refractivity contribution is 7.12. The first kappa shape index (κ1) is 18.8. The first-order chi connectivity index (χ1) is 13.1. The number of carbonyl (C=O) groups excluding carboxylic acids is 2. The molecule has 1 aromatic heterocycles. The molecule has 0 radical (unpaired) electrons. The summed E-state index contributed by atoms with van der Waals surface area (Å²) in [5.41, 5.74) is 0.747. The molecule has 1 heterocycles. The third-order valence-electron chi connectivity index (χ3n) is 4.00. The maximum atomic E-state index is 12.9. The normalized spacial score (nSPS) is 10.4. The van der Waals surface area contributed by atoms with Crippen LogP contribution in [0.4, 0.5) is 4.39 Å². The van der Waals surface area contributed by atoms with Gasteiger partial charge < -0.3 is 9.64 Å². The van der Waals surface area contributed by atoms with Crippen LogP contribution in [0.15, 0.2) is 66.0 Å². The molecule has 3 rings (SSSR count). The van der Waals surface area contributed by atoms with Crippen molar-refractivity contribution < 1.29 is 18.7 Å². The molecule has 0 saturated carbocycles. The van der Waals surface area contributed by atoms with Crippen LogP contribution in [0.1, 0.15) is 25.6 Å². The van der Waals surface area contributed by atoms with Crippen LogP contribution in [0, 0.1) is 5.82 Å². The predicted octanol–water partition coefficient (Wildman–Crippen LogP) is 4.27. The highest BCUT2D eigenvalue weighted by Gasteiger charge is 2.21. The lowest BCUT2D eigenvalue weighted by Gasteiger charge is -2.19. The van der Waals surface area contributed by atoms with E-state index < -0.39 is 0 Å². The predicted molar refractivity (Wildman–Crippen MR) is 103 cm³/mol. The molecule has 2 aromatic carbocycles. The minimum Gasteiger partial charge on any atom is -0.492 e. The van der Waals surface area contributed by atoms with Crippen LogP contribution in [-0.4, -0.2) is 36.8 Å². The van der Waals surface area contributed by atoms with E-state index in [1.165, 1.54) is 40.5 Å². The Bertz CT molecular complexity index is 923. The number of amides is 1. The number of likely N-dealkylation sites (N-methyl/N-ethyl adjacent to an activating group) is 1. The standard InChI is InChI=1S/C21H18FNO3S/c1-23(12-13-26-16-10-8-15(22)9-11-16)21(25)18-6-3-2-5-17(18)20(24)19-7-4-14-27-19/h2-11,14H,12-13H2,1H3. The topological polar surface area (TPSA) is 46.6 Å². The number of rotatable bonds is 7. The Labute approximate surface area is 160 Å². The fourth-order valence-electron chi connectivity index (χ4n) is 2.55. The molecule has 0 spiro atoms. The van der Waals surface area contributed by atoms with Crippen molar-refractivity contribution >= 4 is 23.0 Å². The molecule has 138 valence electrons. The van der Waals surface area contributed by atoms with Crippen molar-refractivity contribution in [2.24, 2.45) is 0 Å². The summed E-state index contributed by atoms with van der Waals surface area (Å²) >= 11 is 1.35. The minimum absolute atomic E-state index is 0.162. The van der Waals surface area contributed by atoms with Gasteiger partial charge in [-0.15, -0.1) is 11.3 Å². The number of ketones is 1. The molecule has 0 aliphatic carbocycles. The van der Waals surface area contributed by atoms with E-state index in [1.54, 1.807) is 43.4 Å². The molecular weight excluding hydrogens is 365 g/mol. The van der Waals surface area contributed by atoms with Gasteiger partial charge in [-0.2, -0.15) is 0 Å². The molecule has 0 aliphatic rings. The van der Waals surface area contributed by atoms with Crippen molar-refractivity contribution in [3.8, 4) is 5.75 Å². The minimum atomic E-state index is -0.332. The van der Waals surface area contributed by atoms with E-state index in [0.717, 1.165) is 0 Å². The third kappa shape index (κ3) is 4.60. The molecule has 0 atom stereocenters. The molecule has 27 heavy (non-hydrogen) atoms. The maximum absolute atomic E-state index is 12.9. The Kier molecular flexibility index (Phi) is 5.98. The number of thiophene rings is 1. The van der Waals surface area contributed by atoms with Crippen molar-refractivity contribution in [1.82, 2.24) is 4.90 Å². The quantitative estimate of drug-likeness (QED) is 0.573. The van der Waals surface area contributed by atoms with Gasteiger partial charge in [0, 0.05) is 12.6 Å². The van der Waals surface area contributed by atoms with Crippen molar-refractivity contribution in [3.63, 3.8) is 0 Å². The molecule has 0 bridgehead atoms. The number of hydrogen-bond acceptors (Lipinski definition) is 4. The van der Waals surface area contributed by atoms with Gasteiger partial charge in [0.15, 0.2) is 0 Å². The average Bonchev–Trinajstić information content (AvgIpc) is 3.23. The number of halogens is 1. The van der Waals surface area contributed by atoms with Gasteiger partial charge >= 0.3 is 0 Å². The van der Waals surface area contributed by atoms with Crippen LogP contribution in [0.25, 0.3) is 0 Å². The van der Waals surface area contributed by atoms with Crippen LogP contribution in [0.3, 0.4) is 0 Å². The van der Waals surface area contributed by atoms with E-state index >= 15 is 0 Å². The number of hydrogen-bond donors (Lipinski definition) is 0. The van der Waals surface area contributed by atoms with Crippen molar-refractivity contribution in [2.45, 2.75) is 0 Å². The second-order valence-corrected chi connectivity index (χ2v) is 6.83. The summed E-state index contributed by atoms with van der Waals surface area (Å²) in [5.74, 6) is -0.213. The zero-order chi connectivity index (χ0) is 19.2. The second kappa shape index (κ2) is 8.60. The summed E-state index contributed by atoms with van der Waals surface area (Å²) in [5, 5.41) is 1.83. The summed E-state index contributed by atoms with van der Waals surface area (Å²) in [6, 6.07) is 16.1. The van der Waals surface area contributed by atoms with E-state index in [9.17, 15) is 14.0 Å². The number of nitrogens with zero attached hydrogens (tertiary/aromatic N) is 1. The first-order valence-electron chi connectivity index (χ1n) is 8.37. The van der Waals surface area contributed by atoms with Gasteiger partial charge in [0.2, 0.25) is 5.78 Å². The Morgan fingerprint density at radius 1 is 1.00 bits per heavy atom. The fourth-order valence-corrected chi connectivity index (χ4v) is 3.22. The molecule has 0 N–H and O–H groups in total. The zero-order valence-corrected chi connectivity index (χ0v) is 15.5. The smallest absolute Gasteiger partial charge is 0.254 e. The Morgan fingerprint density at radius 2 is 1.70 bits per heavy atom. The van der Waals surface area contributed by atoms with E-state index in [1.807, 2.05) is 5.38 Å². The molecule has 4 nitrogen and oxygen atoms in total. The monoisotopic (exact) mass is 383 g/mol. The van der Waals surface area contributed by atoms with Gasteiger partial charge in [-0.1, -0.05) is 24.3 Å². The summed E-state index contributed by atoms with van der Waals surface area (Å²) < 4.78 is 18.4. The summed E-state index contributed by atoms with van der Waals surface area (Å²) in [7, 11) is 1.66. The number of ether oxygens (including phenoxy) is 1. The van der Waals surface area contributed by atoms with Gasteiger partial charge in [0.05, 0.1) is 17.0 Å². The Hall–Kier alpha value is -2.99. The maximum Gasteiger partial charge on any atom is 0.254 e. The number of benzene rings is 2. The van der Waals surface area contributed by atoms with Crippen molar-refractivity contribution in [3.05, 3.63) is 87.9 Å². The first-order valence-corrected chi connectivity index (χ1v) is 9.25. The van der Waals surface area contributed by atoms with E-state index in [0.29, 0.717) is 28.3 Å².